The second-order valence-corrected chi connectivity index (χ2v) is 6.28. The van der Waals surface area contributed by atoms with Gasteiger partial charge in [0.25, 0.3) is 0 Å². The molecule has 120 valence electrons. The first-order valence-corrected chi connectivity index (χ1v) is 7.94. The van der Waals surface area contributed by atoms with E-state index in [2.05, 4.69) is 15.1 Å². The molecular formula is C15H22ClN5O. The summed E-state index contributed by atoms with van der Waals surface area (Å²) in [5.74, 6) is 0.860. The summed E-state index contributed by atoms with van der Waals surface area (Å²) in [6, 6.07) is 0.445. The van der Waals surface area contributed by atoms with Gasteiger partial charge < -0.3 is 4.74 Å². The van der Waals surface area contributed by atoms with Crippen LogP contribution in [-0.2, 0) is 13.6 Å². The fraction of sp³-hybridized carbons (Fsp3) is 0.600. The molecule has 7 heteroatoms. The van der Waals surface area contributed by atoms with E-state index in [1.54, 1.807) is 13.3 Å². The molecule has 3 rings (SSSR count). The Morgan fingerprint density at radius 1 is 1.36 bits per heavy atom. The Morgan fingerprint density at radius 3 is 2.68 bits per heavy atom. The van der Waals surface area contributed by atoms with E-state index in [9.17, 15) is 0 Å². The topological polar surface area (TPSA) is 48.1 Å². The van der Waals surface area contributed by atoms with Gasteiger partial charge in [-0.2, -0.15) is 10.2 Å². The second-order valence-electron chi connectivity index (χ2n) is 5.84. The average molecular weight is 324 g/mol. The summed E-state index contributed by atoms with van der Waals surface area (Å²) in [4.78, 5) is 2.45. The van der Waals surface area contributed by atoms with Crippen molar-refractivity contribution < 1.29 is 4.74 Å². The molecule has 0 aliphatic carbocycles. The van der Waals surface area contributed by atoms with Crippen molar-refractivity contribution >= 4 is 11.6 Å². The number of methoxy groups -OCH3 is 1. The minimum atomic E-state index is 0.445. The number of rotatable bonds is 4. The first-order chi connectivity index (χ1) is 10.6. The highest BCUT2D eigenvalue weighted by Gasteiger charge is 2.23. The highest BCUT2D eigenvalue weighted by Crippen LogP contribution is 2.27. The van der Waals surface area contributed by atoms with Crippen molar-refractivity contribution in [1.29, 1.82) is 0 Å². The fourth-order valence-electron chi connectivity index (χ4n) is 3.20. The minimum absolute atomic E-state index is 0.445. The predicted molar refractivity (Wildman–Crippen MR) is 85.3 cm³/mol. The van der Waals surface area contributed by atoms with Gasteiger partial charge in [0.2, 0.25) is 5.88 Å². The van der Waals surface area contributed by atoms with Crippen LogP contribution in [0, 0.1) is 6.92 Å². The monoisotopic (exact) mass is 323 g/mol. The molecule has 0 spiro atoms. The van der Waals surface area contributed by atoms with Crippen LogP contribution in [0.2, 0.25) is 5.02 Å². The number of piperidine rings is 1. The van der Waals surface area contributed by atoms with E-state index >= 15 is 0 Å². The van der Waals surface area contributed by atoms with E-state index in [0.29, 0.717) is 11.1 Å². The second kappa shape index (κ2) is 6.30. The van der Waals surface area contributed by atoms with Crippen molar-refractivity contribution in [3.05, 3.63) is 28.7 Å². The molecule has 0 unspecified atom stereocenters. The molecule has 1 fully saturated rings. The summed E-state index contributed by atoms with van der Waals surface area (Å²) in [7, 11) is 3.62. The summed E-state index contributed by atoms with van der Waals surface area (Å²) in [6.45, 7) is 5.01. The van der Waals surface area contributed by atoms with E-state index < -0.39 is 0 Å². The van der Waals surface area contributed by atoms with Gasteiger partial charge in [0.1, 0.15) is 0 Å². The molecule has 0 atom stereocenters. The lowest BCUT2D eigenvalue weighted by Crippen LogP contribution is -2.34. The zero-order chi connectivity index (χ0) is 15.7. The third kappa shape index (κ3) is 2.98. The predicted octanol–water partition coefficient (Wildman–Crippen LogP) is 2.42. The number of likely N-dealkylation sites (tertiary alicyclic amines) is 1. The summed E-state index contributed by atoms with van der Waals surface area (Å²) >= 11 is 5.95. The standard InChI is InChI=1S/C15H22ClN5O/c1-11-14(15(22-3)19(2)18-11)10-20-6-4-13(5-7-20)21-9-12(16)8-17-21/h8-9,13H,4-7,10H2,1-3H3. The van der Waals surface area contributed by atoms with Crippen LogP contribution in [0.4, 0.5) is 0 Å². The molecule has 0 saturated carbocycles. The highest BCUT2D eigenvalue weighted by atomic mass is 35.5. The van der Waals surface area contributed by atoms with Crippen molar-refractivity contribution in [2.75, 3.05) is 20.2 Å². The average Bonchev–Trinajstić information content (AvgIpc) is 3.04. The van der Waals surface area contributed by atoms with Crippen molar-refractivity contribution in [3.8, 4) is 5.88 Å². The van der Waals surface area contributed by atoms with Crippen LogP contribution in [0.3, 0.4) is 0 Å². The van der Waals surface area contributed by atoms with E-state index in [1.165, 1.54) is 5.56 Å². The zero-order valence-corrected chi connectivity index (χ0v) is 14.0. The Hall–Kier alpha value is -1.53. The van der Waals surface area contributed by atoms with Crippen molar-refractivity contribution in [1.82, 2.24) is 24.5 Å². The van der Waals surface area contributed by atoms with Crippen molar-refractivity contribution in [2.24, 2.45) is 7.05 Å². The van der Waals surface area contributed by atoms with Crippen LogP contribution in [0.1, 0.15) is 30.1 Å². The van der Waals surface area contributed by atoms with Crippen molar-refractivity contribution in [3.63, 3.8) is 0 Å². The molecule has 0 bridgehead atoms. The molecule has 0 N–H and O–H groups in total. The third-order valence-corrected chi connectivity index (χ3v) is 4.56. The van der Waals surface area contributed by atoms with Gasteiger partial charge in [0, 0.05) is 32.9 Å². The molecule has 2 aromatic heterocycles. The Bertz CT molecular complexity index is 642. The summed E-state index contributed by atoms with van der Waals surface area (Å²) in [6.07, 6.45) is 5.78. The van der Waals surface area contributed by atoms with Crippen LogP contribution in [0.5, 0.6) is 5.88 Å². The Kier molecular flexibility index (Phi) is 4.40. The first kappa shape index (κ1) is 15.4. The summed E-state index contributed by atoms with van der Waals surface area (Å²) in [5, 5.41) is 9.48. The summed E-state index contributed by atoms with van der Waals surface area (Å²) < 4.78 is 9.28. The number of halogens is 1. The van der Waals surface area contributed by atoms with Gasteiger partial charge in [-0.3, -0.25) is 9.58 Å². The lowest BCUT2D eigenvalue weighted by Gasteiger charge is -2.32. The fourth-order valence-corrected chi connectivity index (χ4v) is 3.34. The molecular weight excluding hydrogens is 302 g/mol. The normalized spacial score (nSPS) is 17.1. The molecule has 1 saturated heterocycles. The molecule has 0 aromatic carbocycles. The highest BCUT2D eigenvalue weighted by molar-refractivity contribution is 6.30. The molecule has 22 heavy (non-hydrogen) atoms. The van der Waals surface area contributed by atoms with Crippen LogP contribution in [-0.4, -0.2) is 44.7 Å². The number of ether oxygens (including phenoxy) is 1. The van der Waals surface area contributed by atoms with Crippen molar-refractivity contribution in [2.45, 2.75) is 32.4 Å². The lowest BCUT2D eigenvalue weighted by atomic mass is 10.0. The van der Waals surface area contributed by atoms with Gasteiger partial charge >= 0.3 is 0 Å². The van der Waals surface area contributed by atoms with Gasteiger partial charge in [0.05, 0.1) is 35.6 Å². The van der Waals surface area contributed by atoms with E-state index in [1.807, 2.05) is 29.5 Å². The van der Waals surface area contributed by atoms with Crippen LogP contribution < -0.4 is 4.74 Å². The molecule has 0 amide bonds. The SMILES string of the molecule is COc1c(CN2CCC(n3cc(Cl)cn3)CC2)c(C)nn1C. The largest absolute Gasteiger partial charge is 0.481 e. The zero-order valence-electron chi connectivity index (χ0n) is 13.3. The lowest BCUT2D eigenvalue weighted by molar-refractivity contribution is 0.171. The number of hydrogen-bond acceptors (Lipinski definition) is 4. The third-order valence-electron chi connectivity index (χ3n) is 4.37. The smallest absolute Gasteiger partial charge is 0.216 e. The maximum Gasteiger partial charge on any atom is 0.216 e. The Labute approximate surface area is 135 Å². The number of hydrogen-bond donors (Lipinski definition) is 0. The van der Waals surface area contributed by atoms with E-state index in [-0.39, 0.29) is 0 Å². The van der Waals surface area contributed by atoms with Gasteiger partial charge in [-0.15, -0.1) is 0 Å². The Morgan fingerprint density at radius 2 is 2.09 bits per heavy atom. The molecule has 0 radical (unpaired) electrons. The number of nitrogens with zero attached hydrogens (tertiary/aromatic N) is 5. The maximum absolute atomic E-state index is 5.95. The number of aryl methyl sites for hydroxylation is 2. The first-order valence-electron chi connectivity index (χ1n) is 7.57. The van der Waals surface area contributed by atoms with Gasteiger partial charge in [-0.1, -0.05) is 11.6 Å². The summed E-state index contributed by atoms with van der Waals surface area (Å²) in [5.41, 5.74) is 2.23. The van der Waals surface area contributed by atoms with Gasteiger partial charge in [0.15, 0.2) is 0 Å². The molecule has 1 aliphatic rings. The van der Waals surface area contributed by atoms with E-state index in [4.69, 9.17) is 16.3 Å². The Balaban J connectivity index is 1.63. The maximum atomic E-state index is 5.95. The van der Waals surface area contributed by atoms with Crippen LogP contribution in [0.25, 0.3) is 0 Å². The van der Waals surface area contributed by atoms with Gasteiger partial charge in [-0.25, -0.2) is 4.68 Å². The van der Waals surface area contributed by atoms with E-state index in [0.717, 1.165) is 44.0 Å². The number of aromatic nitrogens is 4. The molecule has 3 heterocycles. The van der Waals surface area contributed by atoms with Crippen LogP contribution in [0.15, 0.2) is 12.4 Å². The van der Waals surface area contributed by atoms with Crippen LogP contribution >= 0.6 is 11.6 Å². The quantitative estimate of drug-likeness (QED) is 0.867. The molecule has 2 aromatic rings. The van der Waals surface area contributed by atoms with Gasteiger partial charge in [-0.05, 0) is 19.8 Å². The minimum Gasteiger partial charge on any atom is -0.481 e. The molecule has 1 aliphatic heterocycles. The molecule has 6 nitrogen and oxygen atoms in total.